The summed E-state index contributed by atoms with van der Waals surface area (Å²) in [5, 5.41) is 17.9. The number of nitrogens with one attached hydrogen (secondary N) is 2. The molecule has 0 aliphatic carbocycles. The van der Waals surface area contributed by atoms with Crippen LogP contribution < -0.4 is 10.0 Å². The zero-order valence-electron chi connectivity index (χ0n) is 11.7. The SMILES string of the molecule is CCNS(=O)(=O)CCNc1c([N+](=O)[O-])c(CC)nn1C. The molecule has 0 aliphatic heterocycles. The minimum Gasteiger partial charge on any atom is -0.363 e. The maximum absolute atomic E-state index is 11.5. The molecule has 0 saturated carbocycles. The van der Waals surface area contributed by atoms with Gasteiger partial charge in [0.2, 0.25) is 15.8 Å². The summed E-state index contributed by atoms with van der Waals surface area (Å²) < 4.78 is 26.7. The molecule has 1 aromatic heterocycles. The average Bonchev–Trinajstić information content (AvgIpc) is 2.66. The molecule has 9 nitrogen and oxygen atoms in total. The molecule has 0 unspecified atom stereocenters. The van der Waals surface area contributed by atoms with Gasteiger partial charge in [0.25, 0.3) is 0 Å². The molecule has 0 fully saturated rings. The van der Waals surface area contributed by atoms with Crippen LogP contribution in [0.25, 0.3) is 0 Å². The van der Waals surface area contributed by atoms with Gasteiger partial charge in [0.1, 0.15) is 5.69 Å². The standard InChI is InChI=1S/C10H19N5O4S/c1-4-8-9(15(16)17)10(14(3)13-8)11-6-7-20(18,19)12-5-2/h11-12H,4-7H2,1-3H3. The zero-order valence-corrected chi connectivity index (χ0v) is 12.5. The summed E-state index contributed by atoms with van der Waals surface area (Å²) in [7, 11) is -1.78. The van der Waals surface area contributed by atoms with E-state index >= 15 is 0 Å². The molecular weight excluding hydrogens is 286 g/mol. The maximum Gasteiger partial charge on any atom is 0.333 e. The molecule has 0 saturated heterocycles. The van der Waals surface area contributed by atoms with Gasteiger partial charge < -0.3 is 5.32 Å². The first-order valence-electron chi connectivity index (χ1n) is 6.23. The number of hydrogen-bond acceptors (Lipinski definition) is 6. The van der Waals surface area contributed by atoms with Gasteiger partial charge >= 0.3 is 5.69 Å². The summed E-state index contributed by atoms with van der Waals surface area (Å²) in [5.74, 6) is 0.0588. The van der Waals surface area contributed by atoms with Gasteiger partial charge in [0.15, 0.2) is 0 Å². The highest BCUT2D eigenvalue weighted by Gasteiger charge is 2.25. The van der Waals surface area contributed by atoms with Crippen molar-refractivity contribution in [3.63, 3.8) is 0 Å². The third-order valence-corrected chi connectivity index (χ3v) is 4.11. The molecule has 0 radical (unpaired) electrons. The summed E-state index contributed by atoms with van der Waals surface area (Å²) in [4.78, 5) is 10.6. The molecule has 1 heterocycles. The van der Waals surface area contributed by atoms with Crippen molar-refractivity contribution < 1.29 is 13.3 Å². The predicted molar refractivity (Wildman–Crippen MR) is 75.2 cm³/mol. The van der Waals surface area contributed by atoms with Gasteiger partial charge in [-0.1, -0.05) is 13.8 Å². The van der Waals surface area contributed by atoms with Crippen LogP contribution in [0.2, 0.25) is 0 Å². The topological polar surface area (TPSA) is 119 Å². The van der Waals surface area contributed by atoms with Crippen molar-refractivity contribution in [3.8, 4) is 0 Å². The van der Waals surface area contributed by atoms with Crippen LogP contribution in [0.1, 0.15) is 19.5 Å². The quantitative estimate of drug-likeness (QED) is 0.524. The lowest BCUT2D eigenvalue weighted by atomic mass is 10.3. The van der Waals surface area contributed by atoms with Crippen LogP contribution in [0.15, 0.2) is 0 Å². The minimum atomic E-state index is -3.36. The molecule has 10 heteroatoms. The fourth-order valence-corrected chi connectivity index (χ4v) is 2.75. The molecule has 0 amide bonds. The van der Waals surface area contributed by atoms with Gasteiger partial charge in [0.05, 0.1) is 10.7 Å². The molecule has 0 bridgehead atoms. The number of anilines is 1. The van der Waals surface area contributed by atoms with Crippen LogP contribution >= 0.6 is 0 Å². The Balaban J connectivity index is 2.83. The van der Waals surface area contributed by atoms with Crippen LogP contribution in [0, 0.1) is 10.1 Å². The summed E-state index contributed by atoms with van der Waals surface area (Å²) in [6.07, 6.45) is 0.432. The van der Waals surface area contributed by atoms with Crippen molar-refractivity contribution >= 4 is 21.5 Å². The van der Waals surface area contributed by atoms with E-state index in [1.165, 1.54) is 4.68 Å². The summed E-state index contributed by atoms with van der Waals surface area (Å²) in [6.45, 7) is 3.84. The Bertz CT molecular complexity index is 581. The Hall–Kier alpha value is -1.68. The van der Waals surface area contributed by atoms with Crippen LogP contribution in [0.3, 0.4) is 0 Å². The number of hydrogen-bond donors (Lipinski definition) is 2. The molecular formula is C10H19N5O4S. The molecule has 1 aromatic rings. The zero-order chi connectivity index (χ0) is 15.3. The van der Waals surface area contributed by atoms with Gasteiger partial charge in [-0.3, -0.25) is 10.1 Å². The number of sulfonamides is 1. The highest BCUT2D eigenvalue weighted by Crippen LogP contribution is 2.28. The van der Waals surface area contributed by atoms with E-state index in [9.17, 15) is 18.5 Å². The van der Waals surface area contributed by atoms with Crippen molar-refractivity contribution in [1.29, 1.82) is 0 Å². The van der Waals surface area contributed by atoms with Crippen LogP contribution in [-0.4, -0.2) is 42.0 Å². The monoisotopic (exact) mass is 305 g/mol. The lowest BCUT2D eigenvalue weighted by molar-refractivity contribution is -0.384. The third-order valence-electron chi connectivity index (χ3n) is 2.64. The first-order valence-corrected chi connectivity index (χ1v) is 7.89. The van der Waals surface area contributed by atoms with Gasteiger partial charge in [-0.05, 0) is 6.42 Å². The van der Waals surface area contributed by atoms with E-state index in [-0.39, 0.29) is 23.8 Å². The van der Waals surface area contributed by atoms with Crippen LogP contribution in [-0.2, 0) is 23.5 Å². The lowest BCUT2D eigenvalue weighted by Gasteiger charge is -2.07. The molecule has 0 spiro atoms. The molecule has 1 rings (SSSR count). The Kier molecular flexibility index (Phi) is 5.45. The van der Waals surface area contributed by atoms with Crippen LogP contribution in [0.5, 0.6) is 0 Å². The molecule has 0 aromatic carbocycles. The lowest BCUT2D eigenvalue weighted by Crippen LogP contribution is -2.29. The van der Waals surface area contributed by atoms with Crippen molar-refractivity contribution in [2.45, 2.75) is 20.3 Å². The van der Waals surface area contributed by atoms with Crippen molar-refractivity contribution in [3.05, 3.63) is 15.8 Å². The normalized spacial score (nSPS) is 11.6. The predicted octanol–water partition coefficient (Wildman–Crippen LogP) is 0.242. The molecule has 0 atom stereocenters. The minimum absolute atomic E-state index is 0.0683. The molecule has 0 aliphatic rings. The summed E-state index contributed by atoms with van der Waals surface area (Å²) in [5.41, 5.74) is 0.269. The van der Waals surface area contributed by atoms with Crippen LogP contribution in [0.4, 0.5) is 11.5 Å². The number of rotatable bonds is 8. The molecule has 114 valence electrons. The van der Waals surface area contributed by atoms with E-state index in [2.05, 4.69) is 15.1 Å². The second-order valence-corrected chi connectivity index (χ2v) is 6.05. The second-order valence-electron chi connectivity index (χ2n) is 4.12. The van der Waals surface area contributed by atoms with Crippen molar-refractivity contribution in [2.24, 2.45) is 7.05 Å². The summed E-state index contributed by atoms with van der Waals surface area (Å²) in [6, 6.07) is 0. The number of aryl methyl sites for hydroxylation is 2. The van der Waals surface area contributed by atoms with Crippen molar-refractivity contribution in [2.75, 3.05) is 24.2 Å². The first-order chi connectivity index (χ1) is 9.32. The highest BCUT2D eigenvalue weighted by atomic mass is 32.2. The van der Waals surface area contributed by atoms with Gasteiger partial charge in [-0.25, -0.2) is 17.8 Å². The highest BCUT2D eigenvalue weighted by molar-refractivity contribution is 7.89. The van der Waals surface area contributed by atoms with E-state index in [0.29, 0.717) is 18.7 Å². The van der Waals surface area contributed by atoms with Gasteiger partial charge in [0, 0.05) is 20.1 Å². The smallest absolute Gasteiger partial charge is 0.333 e. The Morgan fingerprint density at radius 2 is 2.05 bits per heavy atom. The average molecular weight is 305 g/mol. The van der Waals surface area contributed by atoms with E-state index in [1.807, 2.05) is 0 Å². The first kappa shape index (κ1) is 16.4. The Morgan fingerprint density at radius 3 is 2.55 bits per heavy atom. The number of nitro groups is 1. The van der Waals surface area contributed by atoms with E-state index in [0.717, 1.165) is 0 Å². The fourth-order valence-electron chi connectivity index (χ4n) is 1.79. The largest absolute Gasteiger partial charge is 0.363 e. The molecule has 20 heavy (non-hydrogen) atoms. The fraction of sp³-hybridized carbons (Fsp3) is 0.700. The molecule has 2 N–H and O–H groups in total. The van der Waals surface area contributed by atoms with E-state index in [1.54, 1.807) is 20.9 Å². The van der Waals surface area contributed by atoms with E-state index in [4.69, 9.17) is 0 Å². The maximum atomic E-state index is 11.5. The van der Waals surface area contributed by atoms with Gasteiger partial charge in [-0.15, -0.1) is 0 Å². The Morgan fingerprint density at radius 1 is 1.40 bits per heavy atom. The summed E-state index contributed by atoms with van der Waals surface area (Å²) >= 11 is 0. The van der Waals surface area contributed by atoms with Gasteiger partial charge in [-0.2, -0.15) is 5.10 Å². The third kappa shape index (κ3) is 3.90. The number of nitrogens with zero attached hydrogens (tertiary/aromatic N) is 3. The van der Waals surface area contributed by atoms with E-state index < -0.39 is 14.9 Å². The number of aromatic nitrogens is 2. The second kappa shape index (κ2) is 6.66. The Labute approximate surface area is 117 Å². The van der Waals surface area contributed by atoms with Crippen molar-refractivity contribution in [1.82, 2.24) is 14.5 Å².